The van der Waals surface area contributed by atoms with E-state index < -0.39 is 0 Å². The third-order valence-corrected chi connectivity index (χ3v) is 4.99. The van der Waals surface area contributed by atoms with Gasteiger partial charge < -0.3 is 4.90 Å². The van der Waals surface area contributed by atoms with Gasteiger partial charge in [0.2, 0.25) is 0 Å². The summed E-state index contributed by atoms with van der Waals surface area (Å²) in [5.74, 6) is 0. The fourth-order valence-electron chi connectivity index (χ4n) is 3.88. The van der Waals surface area contributed by atoms with Crippen molar-refractivity contribution < 1.29 is 0 Å². The number of anilines is 1. The Labute approximate surface area is 127 Å². The molecule has 21 heavy (non-hydrogen) atoms. The quantitative estimate of drug-likeness (QED) is 0.780. The summed E-state index contributed by atoms with van der Waals surface area (Å²) in [6.45, 7) is 2.25. The van der Waals surface area contributed by atoms with E-state index in [2.05, 4.69) is 47.4 Å². The van der Waals surface area contributed by atoms with E-state index in [9.17, 15) is 0 Å². The molecule has 0 N–H and O–H groups in total. The van der Waals surface area contributed by atoms with E-state index in [0.29, 0.717) is 0 Å². The molecule has 1 nitrogen and oxygen atoms in total. The number of nitrogens with zero attached hydrogens (tertiary/aromatic N) is 1. The summed E-state index contributed by atoms with van der Waals surface area (Å²) in [4.78, 5) is 2.56. The number of para-hydroxylation sites is 1. The summed E-state index contributed by atoms with van der Waals surface area (Å²) in [6, 6.07) is 16.1. The molecule has 0 amide bonds. The first-order valence-corrected chi connectivity index (χ1v) is 8.34. The molecule has 1 aliphatic heterocycles. The Morgan fingerprint density at radius 1 is 0.762 bits per heavy atom. The standard InChI is InChI=1S/C20H23N/c1-2-8-19-14-16(11-12-17(19)6-1)15-21-13-5-9-18-7-3-4-10-20(18)21/h3-4,7,10-12,14H,1-2,5-6,8-9,13,15H2. The van der Waals surface area contributed by atoms with E-state index >= 15 is 0 Å². The minimum atomic E-state index is 1.06. The topological polar surface area (TPSA) is 3.24 Å². The maximum atomic E-state index is 2.56. The predicted molar refractivity (Wildman–Crippen MR) is 88.9 cm³/mol. The van der Waals surface area contributed by atoms with Crippen LogP contribution in [0.15, 0.2) is 42.5 Å². The van der Waals surface area contributed by atoms with Crippen molar-refractivity contribution in [3.05, 3.63) is 64.7 Å². The largest absolute Gasteiger partial charge is 0.367 e. The number of fused-ring (bicyclic) bond motifs is 2. The highest BCUT2D eigenvalue weighted by molar-refractivity contribution is 5.55. The van der Waals surface area contributed by atoms with E-state index in [1.54, 1.807) is 11.1 Å². The van der Waals surface area contributed by atoms with Crippen LogP contribution in [0.3, 0.4) is 0 Å². The van der Waals surface area contributed by atoms with Crippen LogP contribution in [0.1, 0.15) is 41.5 Å². The molecule has 0 aromatic heterocycles. The van der Waals surface area contributed by atoms with Crippen LogP contribution in [-0.2, 0) is 25.8 Å². The molecule has 0 atom stereocenters. The molecule has 2 aromatic rings. The van der Waals surface area contributed by atoms with Crippen LogP contribution in [0, 0.1) is 0 Å². The summed E-state index contributed by atoms with van der Waals surface area (Å²) in [6.07, 6.45) is 7.80. The van der Waals surface area contributed by atoms with Gasteiger partial charge in [0, 0.05) is 18.8 Å². The van der Waals surface area contributed by atoms with Gasteiger partial charge in [-0.3, -0.25) is 0 Å². The monoisotopic (exact) mass is 277 g/mol. The lowest BCUT2D eigenvalue weighted by Crippen LogP contribution is -2.28. The highest BCUT2D eigenvalue weighted by atomic mass is 15.1. The molecular formula is C20H23N. The number of aryl methyl sites for hydroxylation is 3. The van der Waals surface area contributed by atoms with Crippen molar-refractivity contribution in [1.82, 2.24) is 0 Å². The van der Waals surface area contributed by atoms with E-state index in [1.165, 1.54) is 61.9 Å². The second-order valence-corrected chi connectivity index (χ2v) is 6.46. The normalized spacial score (nSPS) is 17.2. The minimum Gasteiger partial charge on any atom is -0.367 e. The summed E-state index contributed by atoms with van der Waals surface area (Å²) in [5.41, 5.74) is 7.63. The summed E-state index contributed by atoms with van der Waals surface area (Å²) in [5, 5.41) is 0. The fraction of sp³-hybridized carbons (Fsp3) is 0.400. The Balaban J connectivity index is 1.59. The van der Waals surface area contributed by atoms with E-state index in [-0.39, 0.29) is 0 Å². The van der Waals surface area contributed by atoms with Gasteiger partial charge in [0.1, 0.15) is 0 Å². The molecular weight excluding hydrogens is 254 g/mol. The van der Waals surface area contributed by atoms with E-state index in [4.69, 9.17) is 0 Å². The molecule has 108 valence electrons. The Hall–Kier alpha value is -1.76. The van der Waals surface area contributed by atoms with Gasteiger partial charge in [0.15, 0.2) is 0 Å². The van der Waals surface area contributed by atoms with Crippen molar-refractivity contribution in [2.45, 2.75) is 45.1 Å². The number of rotatable bonds is 2. The van der Waals surface area contributed by atoms with Crippen LogP contribution in [0.4, 0.5) is 5.69 Å². The molecule has 0 saturated carbocycles. The minimum absolute atomic E-state index is 1.06. The first-order valence-electron chi connectivity index (χ1n) is 8.34. The molecule has 0 fully saturated rings. The highest BCUT2D eigenvalue weighted by Gasteiger charge is 2.17. The van der Waals surface area contributed by atoms with E-state index in [1.807, 2.05) is 0 Å². The fourth-order valence-corrected chi connectivity index (χ4v) is 3.88. The van der Waals surface area contributed by atoms with Crippen LogP contribution >= 0.6 is 0 Å². The zero-order chi connectivity index (χ0) is 14.1. The molecule has 0 unspecified atom stereocenters. The molecule has 0 bridgehead atoms. The Morgan fingerprint density at radius 3 is 2.52 bits per heavy atom. The molecule has 2 aromatic carbocycles. The summed E-state index contributed by atoms with van der Waals surface area (Å²) < 4.78 is 0. The SMILES string of the molecule is c1ccc2c(c1)CCCN2Cc1ccc2c(c1)CCCC2. The van der Waals surface area contributed by atoms with Crippen LogP contribution in [0.25, 0.3) is 0 Å². The maximum absolute atomic E-state index is 2.56. The van der Waals surface area contributed by atoms with Crippen LogP contribution in [-0.4, -0.2) is 6.54 Å². The van der Waals surface area contributed by atoms with Crippen LogP contribution in [0.5, 0.6) is 0 Å². The predicted octanol–water partition coefficient (Wildman–Crippen LogP) is 4.52. The lowest BCUT2D eigenvalue weighted by Gasteiger charge is -2.31. The lowest BCUT2D eigenvalue weighted by molar-refractivity contribution is 0.676. The van der Waals surface area contributed by atoms with Gasteiger partial charge in [-0.05, 0) is 66.8 Å². The van der Waals surface area contributed by atoms with Gasteiger partial charge in [-0.2, -0.15) is 0 Å². The summed E-state index contributed by atoms with van der Waals surface area (Å²) in [7, 11) is 0. The van der Waals surface area contributed by atoms with E-state index in [0.717, 1.165) is 6.54 Å². The molecule has 1 heterocycles. The van der Waals surface area contributed by atoms with Crippen molar-refractivity contribution in [2.75, 3.05) is 11.4 Å². The summed E-state index contributed by atoms with van der Waals surface area (Å²) >= 11 is 0. The first kappa shape index (κ1) is 12.9. The zero-order valence-electron chi connectivity index (χ0n) is 12.6. The van der Waals surface area contributed by atoms with Crippen molar-refractivity contribution in [3.8, 4) is 0 Å². The van der Waals surface area contributed by atoms with Crippen molar-refractivity contribution in [3.63, 3.8) is 0 Å². The van der Waals surface area contributed by atoms with Crippen LogP contribution < -0.4 is 4.90 Å². The molecule has 0 spiro atoms. The molecule has 1 aliphatic carbocycles. The average Bonchev–Trinajstić information content (AvgIpc) is 2.55. The van der Waals surface area contributed by atoms with Gasteiger partial charge in [0.05, 0.1) is 0 Å². The Morgan fingerprint density at radius 2 is 1.57 bits per heavy atom. The van der Waals surface area contributed by atoms with Crippen LogP contribution in [0.2, 0.25) is 0 Å². The van der Waals surface area contributed by atoms with Crippen molar-refractivity contribution in [2.24, 2.45) is 0 Å². The zero-order valence-corrected chi connectivity index (χ0v) is 12.6. The second-order valence-electron chi connectivity index (χ2n) is 6.46. The molecule has 0 radical (unpaired) electrons. The smallest absolute Gasteiger partial charge is 0.0429 e. The van der Waals surface area contributed by atoms with Gasteiger partial charge in [0.25, 0.3) is 0 Å². The average molecular weight is 277 g/mol. The first-order chi connectivity index (χ1) is 10.4. The third-order valence-electron chi connectivity index (χ3n) is 4.99. The number of hydrogen-bond acceptors (Lipinski definition) is 1. The lowest BCUT2D eigenvalue weighted by atomic mass is 9.90. The number of benzene rings is 2. The maximum Gasteiger partial charge on any atom is 0.0429 e. The van der Waals surface area contributed by atoms with Gasteiger partial charge in [-0.25, -0.2) is 0 Å². The Kier molecular flexibility index (Phi) is 3.42. The highest BCUT2D eigenvalue weighted by Crippen LogP contribution is 2.29. The third kappa shape index (κ3) is 2.57. The van der Waals surface area contributed by atoms with Crippen molar-refractivity contribution in [1.29, 1.82) is 0 Å². The van der Waals surface area contributed by atoms with Gasteiger partial charge >= 0.3 is 0 Å². The second kappa shape index (κ2) is 5.55. The molecule has 0 saturated heterocycles. The number of hydrogen-bond donors (Lipinski definition) is 0. The van der Waals surface area contributed by atoms with Gasteiger partial charge in [-0.15, -0.1) is 0 Å². The molecule has 2 aliphatic rings. The van der Waals surface area contributed by atoms with Gasteiger partial charge in [-0.1, -0.05) is 36.4 Å². The molecule has 4 rings (SSSR count). The molecule has 1 heteroatoms. The Bertz CT molecular complexity index is 644. The van der Waals surface area contributed by atoms with Crippen molar-refractivity contribution >= 4 is 5.69 Å².